The third-order valence-electron chi connectivity index (χ3n) is 2.13. The number of nitrogens with one attached hydrogen (secondary N) is 1. The van der Waals surface area contributed by atoms with Crippen molar-refractivity contribution in [1.82, 2.24) is 5.32 Å². The largest absolute Gasteiger partial charge is 0.466 e. The zero-order chi connectivity index (χ0) is 12.2. The Balaban J connectivity index is 2.26. The van der Waals surface area contributed by atoms with Crippen molar-refractivity contribution >= 4 is 27.7 Å². The summed E-state index contributed by atoms with van der Waals surface area (Å²) in [6.07, 6.45) is 1.71. The first kappa shape index (κ1) is 14.1. The molecule has 0 amide bonds. The fourth-order valence-electron chi connectivity index (χ4n) is 1.34. The molecule has 0 saturated heterocycles. The van der Waals surface area contributed by atoms with Crippen LogP contribution in [0.2, 0.25) is 0 Å². The van der Waals surface area contributed by atoms with Crippen LogP contribution in [0.1, 0.15) is 39.5 Å². The lowest BCUT2D eigenvalue weighted by Gasteiger charge is -2.18. The first-order chi connectivity index (χ1) is 7.40. The Morgan fingerprint density at radius 3 is 2.69 bits per heavy atom. The van der Waals surface area contributed by atoms with Crippen molar-refractivity contribution in [2.75, 3.05) is 12.3 Å². The highest BCUT2D eigenvalue weighted by molar-refractivity contribution is 9.10. The van der Waals surface area contributed by atoms with E-state index in [1.165, 1.54) is 0 Å². The maximum Gasteiger partial charge on any atom is 0.134 e. The van der Waals surface area contributed by atoms with Gasteiger partial charge in [-0.3, -0.25) is 0 Å². The van der Waals surface area contributed by atoms with Crippen molar-refractivity contribution in [1.29, 1.82) is 0 Å². The second-order valence-corrected chi connectivity index (χ2v) is 7.55. The van der Waals surface area contributed by atoms with Gasteiger partial charge in [0.05, 0.1) is 16.8 Å². The van der Waals surface area contributed by atoms with Crippen molar-refractivity contribution in [2.45, 2.75) is 38.5 Å². The molecule has 0 aliphatic heterocycles. The van der Waals surface area contributed by atoms with Gasteiger partial charge in [0.1, 0.15) is 5.76 Å². The Morgan fingerprint density at radius 2 is 2.19 bits per heavy atom. The number of thioether (sulfide) groups is 1. The Labute approximate surface area is 111 Å². The molecule has 0 bridgehead atoms. The van der Waals surface area contributed by atoms with E-state index in [1.807, 2.05) is 17.8 Å². The topological polar surface area (TPSA) is 25.2 Å². The van der Waals surface area contributed by atoms with E-state index >= 15 is 0 Å². The standard InChI is InChI=1S/C12H20BrNOS/c1-9(11-10(13)5-7-15-11)14-6-8-16-12(2,3)4/h5,7,9,14H,6,8H2,1-4H3. The van der Waals surface area contributed by atoms with E-state index in [2.05, 4.69) is 48.9 Å². The van der Waals surface area contributed by atoms with Crippen LogP contribution >= 0.6 is 27.7 Å². The number of halogens is 1. The number of rotatable bonds is 5. The minimum atomic E-state index is 0.255. The third kappa shape index (κ3) is 4.93. The van der Waals surface area contributed by atoms with Crippen LogP contribution in [0.5, 0.6) is 0 Å². The summed E-state index contributed by atoms with van der Waals surface area (Å²) in [7, 11) is 0. The fraction of sp³-hybridized carbons (Fsp3) is 0.667. The molecule has 0 fully saturated rings. The molecule has 1 aromatic rings. The maximum atomic E-state index is 5.41. The quantitative estimate of drug-likeness (QED) is 0.824. The third-order valence-corrected chi connectivity index (χ3v) is 4.06. The van der Waals surface area contributed by atoms with Crippen LogP contribution in [0.25, 0.3) is 0 Å². The van der Waals surface area contributed by atoms with Crippen molar-refractivity contribution in [3.63, 3.8) is 0 Å². The van der Waals surface area contributed by atoms with Gasteiger partial charge in [0, 0.05) is 17.0 Å². The molecule has 0 radical (unpaired) electrons. The normalized spacial score (nSPS) is 14.1. The summed E-state index contributed by atoms with van der Waals surface area (Å²) in [6, 6.07) is 2.18. The Hall–Kier alpha value is 0.0700. The molecule has 0 aliphatic carbocycles. The van der Waals surface area contributed by atoms with Gasteiger partial charge in [-0.25, -0.2) is 0 Å². The molecule has 1 atom stereocenters. The maximum absolute atomic E-state index is 5.41. The molecule has 0 aromatic carbocycles. The van der Waals surface area contributed by atoms with E-state index in [0.29, 0.717) is 4.75 Å². The van der Waals surface area contributed by atoms with E-state index in [4.69, 9.17) is 4.42 Å². The van der Waals surface area contributed by atoms with E-state index in [-0.39, 0.29) is 6.04 Å². The molecule has 92 valence electrons. The van der Waals surface area contributed by atoms with Crippen LogP contribution in [0.15, 0.2) is 21.2 Å². The zero-order valence-corrected chi connectivity index (χ0v) is 12.7. The van der Waals surface area contributed by atoms with Gasteiger partial charge in [-0.05, 0) is 28.9 Å². The summed E-state index contributed by atoms with van der Waals surface area (Å²) in [5, 5.41) is 3.45. The van der Waals surface area contributed by atoms with E-state index in [1.54, 1.807) is 6.26 Å². The van der Waals surface area contributed by atoms with Crippen LogP contribution in [0, 0.1) is 0 Å². The highest BCUT2D eigenvalue weighted by atomic mass is 79.9. The van der Waals surface area contributed by atoms with Gasteiger partial charge in [0.15, 0.2) is 0 Å². The molecule has 1 aromatic heterocycles. The summed E-state index contributed by atoms with van der Waals surface area (Å²) in [6.45, 7) is 9.83. The molecule has 16 heavy (non-hydrogen) atoms. The first-order valence-corrected chi connectivity index (χ1v) is 7.28. The van der Waals surface area contributed by atoms with Gasteiger partial charge < -0.3 is 9.73 Å². The minimum Gasteiger partial charge on any atom is -0.466 e. The van der Waals surface area contributed by atoms with Gasteiger partial charge in [-0.2, -0.15) is 11.8 Å². The summed E-state index contributed by atoms with van der Waals surface area (Å²) in [5.74, 6) is 2.09. The van der Waals surface area contributed by atoms with Crippen molar-refractivity contribution < 1.29 is 4.42 Å². The number of furan rings is 1. The fourth-order valence-corrected chi connectivity index (χ4v) is 2.72. The van der Waals surface area contributed by atoms with E-state index < -0.39 is 0 Å². The summed E-state index contributed by atoms with van der Waals surface area (Å²) in [4.78, 5) is 0. The van der Waals surface area contributed by atoms with Crippen molar-refractivity contribution in [2.24, 2.45) is 0 Å². The highest BCUT2D eigenvalue weighted by Gasteiger charge is 2.13. The van der Waals surface area contributed by atoms with Gasteiger partial charge in [0.25, 0.3) is 0 Å². The SMILES string of the molecule is CC(NCCSC(C)(C)C)c1occc1Br. The molecule has 0 spiro atoms. The molecule has 0 saturated carbocycles. The van der Waals surface area contributed by atoms with Crippen LogP contribution in [0.3, 0.4) is 0 Å². The number of hydrogen-bond acceptors (Lipinski definition) is 3. The summed E-state index contributed by atoms with van der Waals surface area (Å²) < 4.78 is 6.79. The molecule has 1 rings (SSSR count). The monoisotopic (exact) mass is 305 g/mol. The Kier molecular flexibility index (Phi) is 5.41. The second-order valence-electron chi connectivity index (χ2n) is 4.77. The van der Waals surface area contributed by atoms with E-state index in [9.17, 15) is 0 Å². The molecule has 1 unspecified atom stereocenters. The lowest BCUT2D eigenvalue weighted by Crippen LogP contribution is -2.23. The van der Waals surface area contributed by atoms with Gasteiger partial charge in [0.2, 0.25) is 0 Å². The Morgan fingerprint density at radius 1 is 1.50 bits per heavy atom. The molecular formula is C12H20BrNOS. The van der Waals surface area contributed by atoms with Gasteiger partial charge >= 0.3 is 0 Å². The summed E-state index contributed by atoms with van der Waals surface area (Å²) in [5.41, 5.74) is 0. The molecule has 0 aliphatic rings. The lowest BCUT2D eigenvalue weighted by atomic mass is 10.2. The average Bonchev–Trinajstić information content (AvgIpc) is 2.57. The molecule has 1 heterocycles. The Bertz CT molecular complexity index is 319. The van der Waals surface area contributed by atoms with Crippen molar-refractivity contribution in [3.8, 4) is 0 Å². The lowest BCUT2D eigenvalue weighted by molar-refractivity contribution is 0.435. The molecule has 1 N–H and O–H groups in total. The first-order valence-electron chi connectivity index (χ1n) is 5.50. The van der Waals surface area contributed by atoms with Gasteiger partial charge in [-0.1, -0.05) is 20.8 Å². The minimum absolute atomic E-state index is 0.255. The second kappa shape index (κ2) is 6.12. The predicted molar refractivity (Wildman–Crippen MR) is 75.0 cm³/mol. The zero-order valence-electron chi connectivity index (χ0n) is 10.3. The van der Waals surface area contributed by atoms with Crippen LogP contribution < -0.4 is 5.32 Å². The van der Waals surface area contributed by atoms with Crippen molar-refractivity contribution in [3.05, 3.63) is 22.6 Å². The summed E-state index contributed by atoms with van der Waals surface area (Å²) >= 11 is 5.44. The predicted octanol–water partition coefficient (Wildman–Crippen LogP) is 4.22. The van der Waals surface area contributed by atoms with Crippen LogP contribution in [-0.2, 0) is 0 Å². The van der Waals surface area contributed by atoms with E-state index in [0.717, 1.165) is 22.5 Å². The van der Waals surface area contributed by atoms with Crippen LogP contribution in [0.4, 0.5) is 0 Å². The van der Waals surface area contributed by atoms with Crippen LogP contribution in [-0.4, -0.2) is 17.0 Å². The molecular weight excluding hydrogens is 286 g/mol. The average molecular weight is 306 g/mol. The van der Waals surface area contributed by atoms with Gasteiger partial charge in [-0.15, -0.1) is 0 Å². The number of hydrogen-bond donors (Lipinski definition) is 1. The molecule has 4 heteroatoms. The highest BCUT2D eigenvalue weighted by Crippen LogP contribution is 2.25. The molecule has 2 nitrogen and oxygen atoms in total. The smallest absolute Gasteiger partial charge is 0.134 e.